The van der Waals surface area contributed by atoms with Crippen molar-refractivity contribution in [2.75, 3.05) is 11.9 Å². The molecule has 0 saturated heterocycles. The monoisotopic (exact) mass is 291 g/mol. The summed E-state index contributed by atoms with van der Waals surface area (Å²) in [4.78, 5) is 3.34. The average molecular weight is 291 g/mol. The molecule has 5 heteroatoms. The van der Waals surface area contributed by atoms with E-state index in [1.54, 1.807) is 17.4 Å². The summed E-state index contributed by atoms with van der Waals surface area (Å²) in [6.45, 7) is 2.10. The standard InChI is InChI=1S/C15H18FN3S/c1-10(8-12-4-3-7-20-12)19(2)14-6-5-11(16)9-13(14)15(17)18/h3-7,9-10H,8H2,1-2H3,(H3,17,18). The first-order valence-corrected chi connectivity index (χ1v) is 7.26. The molecule has 0 aliphatic carbocycles. The van der Waals surface area contributed by atoms with Gasteiger partial charge in [0, 0.05) is 35.6 Å². The van der Waals surface area contributed by atoms with E-state index in [0.29, 0.717) is 5.56 Å². The largest absolute Gasteiger partial charge is 0.384 e. The van der Waals surface area contributed by atoms with Crippen molar-refractivity contribution in [2.45, 2.75) is 19.4 Å². The summed E-state index contributed by atoms with van der Waals surface area (Å²) in [5.41, 5.74) is 6.77. The van der Waals surface area contributed by atoms with Crippen molar-refractivity contribution in [3.63, 3.8) is 0 Å². The second kappa shape index (κ2) is 6.05. The minimum absolute atomic E-state index is 0.116. The number of benzene rings is 1. The smallest absolute Gasteiger partial charge is 0.125 e. The quantitative estimate of drug-likeness (QED) is 0.656. The van der Waals surface area contributed by atoms with Gasteiger partial charge in [-0.3, -0.25) is 5.41 Å². The Morgan fingerprint density at radius 1 is 1.45 bits per heavy atom. The lowest BCUT2D eigenvalue weighted by molar-refractivity contribution is 0.625. The summed E-state index contributed by atoms with van der Waals surface area (Å²) < 4.78 is 13.3. The van der Waals surface area contributed by atoms with Crippen molar-refractivity contribution in [1.29, 1.82) is 5.41 Å². The normalized spacial score (nSPS) is 12.2. The van der Waals surface area contributed by atoms with Crippen LogP contribution in [-0.4, -0.2) is 18.9 Å². The van der Waals surface area contributed by atoms with Crippen LogP contribution in [0.2, 0.25) is 0 Å². The predicted octanol–water partition coefficient (Wildman–Crippen LogP) is 3.24. The highest BCUT2D eigenvalue weighted by Crippen LogP contribution is 2.24. The van der Waals surface area contributed by atoms with Crippen LogP contribution in [0.1, 0.15) is 17.4 Å². The van der Waals surface area contributed by atoms with E-state index in [2.05, 4.69) is 18.4 Å². The molecule has 1 heterocycles. The van der Waals surface area contributed by atoms with Gasteiger partial charge >= 0.3 is 0 Å². The summed E-state index contributed by atoms with van der Waals surface area (Å²) in [5.74, 6) is -0.493. The number of amidine groups is 1. The highest BCUT2D eigenvalue weighted by Gasteiger charge is 2.16. The lowest BCUT2D eigenvalue weighted by atomic mass is 10.1. The van der Waals surface area contributed by atoms with Crippen molar-refractivity contribution in [3.05, 3.63) is 52.0 Å². The molecule has 0 aliphatic rings. The molecular formula is C15H18FN3S. The van der Waals surface area contributed by atoms with Crippen LogP contribution < -0.4 is 10.6 Å². The second-order valence-electron chi connectivity index (χ2n) is 4.82. The molecule has 1 atom stereocenters. The number of thiophene rings is 1. The number of nitrogens with two attached hydrogens (primary N) is 1. The van der Waals surface area contributed by atoms with Crippen molar-refractivity contribution < 1.29 is 4.39 Å². The van der Waals surface area contributed by atoms with E-state index in [1.165, 1.54) is 17.0 Å². The average Bonchev–Trinajstić information content (AvgIpc) is 2.90. The van der Waals surface area contributed by atoms with Crippen LogP contribution in [-0.2, 0) is 6.42 Å². The molecule has 0 radical (unpaired) electrons. The van der Waals surface area contributed by atoms with E-state index in [1.807, 2.05) is 18.0 Å². The number of nitrogen functional groups attached to an aromatic ring is 1. The van der Waals surface area contributed by atoms with Crippen LogP contribution in [0.4, 0.5) is 10.1 Å². The van der Waals surface area contributed by atoms with E-state index in [0.717, 1.165) is 12.1 Å². The van der Waals surface area contributed by atoms with Gasteiger partial charge in [-0.25, -0.2) is 4.39 Å². The number of nitrogens with one attached hydrogen (secondary N) is 1. The SMILES string of the molecule is CC(Cc1cccs1)N(C)c1ccc(F)cc1C(=N)N. The fraction of sp³-hybridized carbons (Fsp3) is 0.267. The van der Waals surface area contributed by atoms with E-state index in [9.17, 15) is 4.39 Å². The van der Waals surface area contributed by atoms with Gasteiger partial charge in [-0.1, -0.05) is 6.07 Å². The molecule has 0 saturated carbocycles. The highest BCUT2D eigenvalue weighted by molar-refractivity contribution is 7.09. The van der Waals surface area contributed by atoms with Gasteiger partial charge in [-0.05, 0) is 36.6 Å². The summed E-state index contributed by atoms with van der Waals surface area (Å²) in [5, 5.41) is 9.65. The number of hydrogen-bond donors (Lipinski definition) is 2. The Labute approximate surface area is 122 Å². The first-order chi connectivity index (χ1) is 9.49. The molecular weight excluding hydrogens is 273 g/mol. The first kappa shape index (κ1) is 14.5. The topological polar surface area (TPSA) is 53.1 Å². The highest BCUT2D eigenvalue weighted by atomic mass is 32.1. The van der Waals surface area contributed by atoms with Gasteiger partial charge in [-0.15, -0.1) is 11.3 Å². The Bertz CT molecular complexity index is 595. The van der Waals surface area contributed by atoms with E-state index in [4.69, 9.17) is 11.1 Å². The van der Waals surface area contributed by atoms with Crippen LogP contribution in [0.3, 0.4) is 0 Å². The molecule has 2 rings (SSSR count). The molecule has 1 aromatic heterocycles. The van der Waals surface area contributed by atoms with Gasteiger partial charge in [0.05, 0.1) is 0 Å². The van der Waals surface area contributed by atoms with Crippen LogP contribution >= 0.6 is 11.3 Å². The van der Waals surface area contributed by atoms with E-state index in [-0.39, 0.29) is 17.7 Å². The number of anilines is 1. The fourth-order valence-corrected chi connectivity index (χ4v) is 2.95. The summed E-state index contributed by atoms with van der Waals surface area (Å²) >= 11 is 1.72. The third-order valence-electron chi connectivity index (χ3n) is 3.37. The third kappa shape index (κ3) is 3.17. The maximum absolute atomic E-state index is 13.3. The summed E-state index contributed by atoms with van der Waals surface area (Å²) in [6.07, 6.45) is 0.906. The second-order valence-corrected chi connectivity index (χ2v) is 5.85. The molecule has 1 aromatic carbocycles. The first-order valence-electron chi connectivity index (χ1n) is 6.38. The Kier molecular flexibility index (Phi) is 4.39. The van der Waals surface area contributed by atoms with Gasteiger partial charge in [0.1, 0.15) is 11.7 Å². The predicted molar refractivity (Wildman–Crippen MR) is 83.3 cm³/mol. The maximum Gasteiger partial charge on any atom is 0.125 e. The molecule has 0 spiro atoms. The zero-order chi connectivity index (χ0) is 14.7. The van der Waals surface area contributed by atoms with Crippen LogP contribution in [0.15, 0.2) is 35.7 Å². The Balaban J connectivity index is 2.24. The van der Waals surface area contributed by atoms with Gasteiger partial charge in [0.25, 0.3) is 0 Å². The maximum atomic E-state index is 13.3. The molecule has 2 aromatic rings. The van der Waals surface area contributed by atoms with E-state index >= 15 is 0 Å². The minimum atomic E-state index is -0.377. The molecule has 20 heavy (non-hydrogen) atoms. The minimum Gasteiger partial charge on any atom is -0.384 e. The molecule has 3 nitrogen and oxygen atoms in total. The molecule has 0 fully saturated rings. The Hall–Kier alpha value is -1.88. The number of nitrogens with zero attached hydrogens (tertiary/aromatic N) is 1. The number of hydrogen-bond acceptors (Lipinski definition) is 3. The molecule has 0 aliphatic heterocycles. The van der Waals surface area contributed by atoms with Crippen molar-refractivity contribution in [1.82, 2.24) is 0 Å². The van der Waals surface area contributed by atoms with Crippen LogP contribution in [0.5, 0.6) is 0 Å². The van der Waals surface area contributed by atoms with Gasteiger partial charge in [0.15, 0.2) is 0 Å². The van der Waals surface area contributed by atoms with Crippen molar-refractivity contribution >= 4 is 22.9 Å². The lowest BCUT2D eigenvalue weighted by Gasteiger charge is -2.28. The molecule has 3 N–H and O–H groups in total. The van der Waals surface area contributed by atoms with Crippen molar-refractivity contribution in [3.8, 4) is 0 Å². The molecule has 106 valence electrons. The van der Waals surface area contributed by atoms with Gasteiger partial charge < -0.3 is 10.6 Å². The molecule has 1 unspecified atom stereocenters. The number of halogens is 1. The lowest BCUT2D eigenvalue weighted by Crippen LogP contribution is -2.32. The Morgan fingerprint density at radius 2 is 2.20 bits per heavy atom. The number of rotatable bonds is 5. The molecule has 0 bridgehead atoms. The van der Waals surface area contributed by atoms with Gasteiger partial charge in [-0.2, -0.15) is 0 Å². The Morgan fingerprint density at radius 3 is 2.80 bits per heavy atom. The summed E-state index contributed by atoms with van der Waals surface area (Å²) in [6, 6.07) is 8.76. The summed E-state index contributed by atoms with van der Waals surface area (Å²) in [7, 11) is 1.94. The fourth-order valence-electron chi connectivity index (χ4n) is 2.13. The molecule has 0 amide bonds. The van der Waals surface area contributed by atoms with E-state index < -0.39 is 0 Å². The van der Waals surface area contributed by atoms with Crippen LogP contribution in [0, 0.1) is 11.2 Å². The zero-order valence-electron chi connectivity index (χ0n) is 11.6. The number of likely N-dealkylation sites (N-methyl/N-ethyl adjacent to an activating group) is 1. The van der Waals surface area contributed by atoms with Crippen LogP contribution in [0.25, 0.3) is 0 Å². The van der Waals surface area contributed by atoms with Gasteiger partial charge in [0.2, 0.25) is 0 Å². The third-order valence-corrected chi connectivity index (χ3v) is 4.27. The zero-order valence-corrected chi connectivity index (χ0v) is 12.4. The van der Waals surface area contributed by atoms with Crippen molar-refractivity contribution in [2.24, 2.45) is 5.73 Å².